The van der Waals surface area contributed by atoms with E-state index >= 15 is 0 Å². The Morgan fingerprint density at radius 1 is 1.22 bits per heavy atom. The SMILES string of the molecule is C=C(C)CCc1c(OC)cc(C=Cc2ccccc2Cl)c(C(=O)OC)c1O. The summed E-state index contributed by atoms with van der Waals surface area (Å²) in [6, 6.07) is 9.06. The lowest BCUT2D eigenvalue weighted by atomic mass is 9.96. The van der Waals surface area contributed by atoms with E-state index < -0.39 is 5.97 Å². The number of benzene rings is 2. The third-order valence-electron chi connectivity index (χ3n) is 4.15. The number of phenols is 1. The molecule has 0 aliphatic heterocycles. The fraction of sp³-hybridized carbons (Fsp3) is 0.227. The number of rotatable bonds is 7. The summed E-state index contributed by atoms with van der Waals surface area (Å²) >= 11 is 6.18. The van der Waals surface area contributed by atoms with Crippen molar-refractivity contribution in [1.82, 2.24) is 0 Å². The lowest BCUT2D eigenvalue weighted by molar-refractivity contribution is 0.0597. The van der Waals surface area contributed by atoms with Crippen LogP contribution in [0.4, 0.5) is 0 Å². The molecule has 2 rings (SSSR count). The van der Waals surface area contributed by atoms with E-state index in [1.165, 1.54) is 14.2 Å². The molecule has 0 heterocycles. The summed E-state index contributed by atoms with van der Waals surface area (Å²) in [5, 5.41) is 11.4. The van der Waals surface area contributed by atoms with Crippen LogP contribution in [0.1, 0.15) is 40.4 Å². The van der Waals surface area contributed by atoms with E-state index in [0.29, 0.717) is 34.7 Å². The van der Waals surface area contributed by atoms with E-state index in [9.17, 15) is 9.90 Å². The molecule has 0 saturated heterocycles. The zero-order chi connectivity index (χ0) is 20.0. The second-order valence-corrected chi connectivity index (χ2v) is 6.58. The zero-order valence-corrected chi connectivity index (χ0v) is 16.5. The standard InChI is InChI=1S/C22H23ClO4/c1-14(2)9-12-17-19(26-3)13-16(20(21(17)24)22(25)27-4)11-10-15-7-5-6-8-18(15)23/h5-8,10-11,13,24H,1,9,12H2,2-4H3. The first-order valence-electron chi connectivity index (χ1n) is 8.47. The predicted octanol–water partition coefficient (Wildman–Crippen LogP) is 5.52. The Morgan fingerprint density at radius 3 is 2.48 bits per heavy atom. The molecule has 0 spiro atoms. The van der Waals surface area contributed by atoms with Gasteiger partial charge in [0, 0.05) is 10.6 Å². The highest BCUT2D eigenvalue weighted by Crippen LogP contribution is 2.37. The van der Waals surface area contributed by atoms with Crippen molar-refractivity contribution in [2.24, 2.45) is 0 Å². The van der Waals surface area contributed by atoms with Gasteiger partial charge in [0.15, 0.2) is 0 Å². The molecular weight excluding hydrogens is 364 g/mol. The van der Waals surface area contributed by atoms with E-state index in [1.54, 1.807) is 24.3 Å². The van der Waals surface area contributed by atoms with E-state index in [0.717, 1.165) is 11.1 Å². The number of allylic oxidation sites excluding steroid dienone is 1. The molecule has 2 aromatic rings. The number of esters is 1. The van der Waals surface area contributed by atoms with Crippen molar-refractivity contribution in [2.45, 2.75) is 19.8 Å². The van der Waals surface area contributed by atoms with Crippen LogP contribution in [-0.2, 0) is 11.2 Å². The van der Waals surface area contributed by atoms with Crippen molar-refractivity contribution < 1.29 is 19.4 Å². The fourth-order valence-electron chi connectivity index (χ4n) is 2.70. The highest BCUT2D eigenvalue weighted by molar-refractivity contribution is 6.32. The van der Waals surface area contributed by atoms with Gasteiger partial charge in [-0.15, -0.1) is 6.58 Å². The van der Waals surface area contributed by atoms with Gasteiger partial charge in [0.2, 0.25) is 0 Å². The molecular formula is C22H23ClO4. The Labute approximate surface area is 164 Å². The molecule has 0 aromatic heterocycles. The van der Waals surface area contributed by atoms with Gasteiger partial charge in [0.25, 0.3) is 0 Å². The van der Waals surface area contributed by atoms with Crippen molar-refractivity contribution >= 4 is 29.7 Å². The Morgan fingerprint density at radius 2 is 1.89 bits per heavy atom. The Bertz CT molecular complexity index is 884. The minimum Gasteiger partial charge on any atom is -0.507 e. The minimum atomic E-state index is -0.620. The molecule has 1 N–H and O–H groups in total. The van der Waals surface area contributed by atoms with Gasteiger partial charge in [-0.3, -0.25) is 0 Å². The molecule has 0 aliphatic carbocycles. The number of carbonyl (C=O) groups is 1. The topological polar surface area (TPSA) is 55.8 Å². The van der Waals surface area contributed by atoms with Gasteiger partial charge in [-0.25, -0.2) is 4.79 Å². The maximum atomic E-state index is 12.3. The molecule has 0 aliphatic rings. The Balaban J connectivity index is 2.58. The number of hydrogen-bond donors (Lipinski definition) is 1. The van der Waals surface area contributed by atoms with Crippen LogP contribution < -0.4 is 4.74 Å². The predicted molar refractivity (Wildman–Crippen MR) is 110 cm³/mol. The number of aromatic hydroxyl groups is 1. The average molecular weight is 387 g/mol. The number of carbonyl (C=O) groups excluding carboxylic acids is 1. The Hall–Kier alpha value is -2.72. The molecule has 0 fully saturated rings. The van der Waals surface area contributed by atoms with Gasteiger partial charge in [-0.2, -0.15) is 0 Å². The maximum Gasteiger partial charge on any atom is 0.342 e. The van der Waals surface area contributed by atoms with Crippen LogP contribution in [0.25, 0.3) is 12.2 Å². The molecule has 0 unspecified atom stereocenters. The van der Waals surface area contributed by atoms with Crippen molar-refractivity contribution in [1.29, 1.82) is 0 Å². The summed E-state index contributed by atoms with van der Waals surface area (Å²) in [6.45, 7) is 5.79. The van der Waals surface area contributed by atoms with Crippen molar-refractivity contribution in [3.8, 4) is 11.5 Å². The summed E-state index contributed by atoms with van der Waals surface area (Å²) in [4.78, 5) is 12.3. The Kier molecular flexibility index (Phi) is 7.08. The van der Waals surface area contributed by atoms with Crippen molar-refractivity contribution in [2.75, 3.05) is 14.2 Å². The first-order chi connectivity index (χ1) is 12.9. The van der Waals surface area contributed by atoms with Crippen molar-refractivity contribution in [3.63, 3.8) is 0 Å². The molecule has 0 bridgehead atoms. The first-order valence-corrected chi connectivity index (χ1v) is 8.85. The number of phenolic OH excluding ortho intramolecular Hbond substituents is 1. The lowest BCUT2D eigenvalue weighted by Gasteiger charge is -2.16. The largest absolute Gasteiger partial charge is 0.507 e. The second-order valence-electron chi connectivity index (χ2n) is 6.17. The van der Waals surface area contributed by atoms with Gasteiger partial charge in [0.05, 0.1) is 14.2 Å². The quantitative estimate of drug-likeness (QED) is 0.386. The zero-order valence-electron chi connectivity index (χ0n) is 15.7. The molecule has 142 valence electrons. The van der Waals surface area contributed by atoms with E-state index in [4.69, 9.17) is 21.1 Å². The smallest absolute Gasteiger partial charge is 0.342 e. The monoisotopic (exact) mass is 386 g/mol. The molecule has 0 amide bonds. The molecule has 0 radical (unpaired) electrons. The highest BCUT2D eigenvalue weighted by atomic mass is 35.5. The minimum absolute atomic E-state index is 0.0957. The van der Waals surface area contributed by atoms with Crippen LogP contribution in [0, 0.1) is 0 Å². The maximum absolute atomic E-state index is 12.3. The number of ether oxygens (including phenoxy) is 2. The van der Waals surface area contributed by atoms with Crippen LogP contribution >= 0.6 is 11.6 Å². The van der Waals surface area contributed by atoms with Crippen LogP contribution in [0.3, 0.4) is 0 Å². The second kappa shape index (κ2) is 9.28. The van der Waals surface area contributed by atoms with Crippen LogP contribution in [-0.4, -0.2) is 25.3 Å². The van der Waals surface area contributed by atoms with Gasteiger partial charge in [-0.05, 0) is 43.0 Å². The van der Waals surface area contributed by atoms with Gasteiger partial charge >= 0.3 is 5.97 Å². The summed E-state index contributed by atoms with van der Waals surface area (Å²) in [7, 11) is 2.81. The van der Waals surface area contributed by atoms with Crippen LogP contribution in [0.15, 0.2) is 42.5 Å². The number of hydrogen-bond acceptors (Lipinski definition) is 4. The molecule has 27 heavy (non-hydrogen) atoms. The van der Waals surface area contributed by atoms with Crippen molar-refractivity contribution in [3.05, 3.63) is 69.8 Å². The van der Waals surface area contributed by atoms with Crippen LogP contribution in [0.2, 0.25) is 5.02 Å². The molecule has 5 heteroatoms. The first kappa shape index (κ1) is 20.6. The summed E-state index contributed by atoms with van der Waals surface area (Å²) in [5.74, 6) is -0.257. The highest BCUT2D eigenvalue weighted by Gasteiger charge is 2.22. The van der Waals surface area contributed by atoms with E-state index in [1.807, 2.05) is 25.1 Å². The molecule has 4 nitrogen and oxygen atoms in total. The number of halogens is 1. The summed E-state index contributed by atoms with van der Waals surface area (Å²) in [6.07, 6.45) is 4.65. The summed E-state index contributed by atoms with van der Waals surface area (Å²) < 4.78 is 10.3. The van der Waals surface area contributed by atoms with Gasteiger partial charge in [-0.1, -0.05) is 47.5 Å². The molecule has 0 saturated carbocycles. The average Bonchev–Trinajstić information content (AvgIpc) is 2.65. The number of methoxy groups -OCH3 is 2. The van der Waals surface area contributed by atoms with Gasteiger partial charge < -0.3 is 14.6 Å². The molecule has 0 atom stereocenters. The van der Waals surface area contributed by atoms with E-state index in [-0.39, 0.29) is 11.3 Å². The van der Waals surface area contributed by atoms with E-state index in [2.05, 4.69) is 6.58 Å². The summed E-state index contributed by atoms with van der Waals surface area (Å²) in [5.41, 5.74) is 2.89. The normalized spacial score (nSPS) is 10.8. The van der Waals surface area contributed by atoms with Gasteiger partial charge in [0.1, 0.15) is 17.1 Å². The lowest BCUT2D eigenvalue weighted by Crippen LogP contribution is -2.07. The molecule has 2 aromatic carbocycles. The third kappa shape index (κ3) is 4.92. The third-order valence-corrected chi connectivity index (χ3v) is 4.50. The van der Waals surface area contributed by atoms with Crippen LogP contribution in [0.5, 0.6) is 11.5 Å². The fourth-order valence-corrected chi connectivity index (χ4v) is 2.90.